The third-order valence-electron chi connectivity index (χ3n) is 4.77. The van der Waals surface area contributed by atoms with Crippen LogP contribution in [0.25, 0.3) is 0 Å². The quantitative estimate of drug-likeness (QED) is 0.691. The summed E-state index contributed by atoms with van der Waals surface area (Å²) in [6.45, 7) is 9.28. The second kappa shape index (κ2) is 9.28. The molecule has 150 valence electrons. The molecule has 0 aliphatic heterocycles. The van der Waals surface area contributed by atoms with Crippen LogP contribution in [0.15, 0.2) is 24.3 Å². The number of likely N-dealkylation sites (N-methyl/N-ethyl adjacent to an activating group) is 1. The number of rotatable bonds is 10. The van der Waals surface area contributed by atoms with Gasteiger partial charge in [-0.1, -0.05) is 32.0 Å². The molecule has 7 nitrogen and oxygen atoms in total. The minimum absolute atomic E-state index is 0.00430. The first kappa shape index (κ1) is 21.3. The van der Waals surface area contributed by atoms with Gasteiger partial charge in [0.25, 0.3) is 0 Å². The van der Waals surface area contributed by atoms with E-state index < -0.39 is 0 Å². The van der Waals surface area contributed by atoms with Crippen molar-refractivity contribution in [1.29, 1.82) is 0 Å². The van der Waals surface area contributed by atoms with Gasteiger partial charge in [-0.05, 0) is 63.6 Å². The van der Waals surface area contributed by atoms with Gasteiger partial charge in [-0.3, -0.25) is 0 Å². The number of hydrogen-bond acceptors (Lipinski definition) is 6. The molecule has 1 aromatic heterocycles. The SMILES string of the molecule is CCn1nnnc1C(Nc1ccccc1CCN(C)C)C(C)(C)CN(C)C. The van der Waals surface area contributed by atoms with Crippen molar-refractivity contribution in [3.63, 3.8) is 0 Å². The van der Waals surface area contributed by atoms with Gasteiger partial charge in [0.15, 0.2) is 5.82 Å². The maximum Gasteiger partial charge on any atom is 0.174 e. The molecule has 0 saturated carbocycles. The van der Waals surface area contributed by atoms with Crippen molar-refractivity contribution >= 4 is 5.69 Å². The molecule has 1 aromatic carbocycles. The summed E-state index contributed by atoms with van der Waals surface area (Å²) in [5, 5.41) is 16.3. The van der Waals surface area contributed by atoms with Crippen molar-refractivity contribution in [3.05, 3.63) is 35.7 Å². The molecule has 7 heteroatoms. The first-order valence-electron chi connectivity index (χ1n) is 9.64. The summed E-state index contributed by atoms with van der Waals surface area (Å²) in [7, 11) is 8.42. The second-order valence-corrected chi connectivity index (χ2v) is 8.37. The van der Waals surface area contributed by atoms with E-state index in [0.717, 1.165) is 37.6 Å². The Hall–Kier alpha value is -1.99. The molecule has 0 radical (unpaired) electrons. The lowest BCUT2D eigenvalue weighted by atomic mass is 9.82. The molecule has 2 aromatic rings. The number of para-hydroxylation sites is 1. The lowest BCUT2D eigenvalue weighted by Gasteiger charge is -2.37. The third-order valence-corrected chi connectivity index (χ3v) is 4.77. The average Bonchev–Trinajstić information content (AvgIpc) is 3.05. The van der Waals surface area contributed by atoms with Gasteiger partial charge in [0.2, 0.25) is 0 Å². The fourth-order valence-electron chi connectivity index (χ4n) is 3.54. The van der Waals surface area contributed by atoms with Crippen LogP contribution in [-0.4, -0.2) is 71.3 Å². The molecule has 0 spiro atoms. The summed E-state index contributed by atoms with van der Waals surface area (Å²) in [4.78, 5) is 4.43. The Kier molecular flexibility index (Phi) is 7.33. The maximum absolute atomic E-state index is 4.37. The number of nitrogens with one attached hydrogen (secondary N) is 1. The monoisotopic (exact) mass is 373 g/mol. The van der Waals surface area contributed by atoms with Crippen LogP contribution >= 0.6 is 0 Å². The molecule has 1 N–H and O–H groups in total. The molecule has 1 atom stereocenters. The Bertz CT molecular complexity index is 706. The molecule has 0 aliphatic rings. The predicted molar refractivity (Wildman–Crippen MR) is 111 cm³/mol. The number of anilines is 1. The highest BCUT2D eigenvalue weighted by Crippen LogP contribution is 2.36. The summed E-state index contributed by atoms with van der Waals surface area (Å²) in [6, 6.07) is 8.54. The molecular weight excluding hydrogens is 338 g/mol. The molecule has 0 aliphatic carbocycles. The fraction of sp³-hybridized carbons (Fsp3) is 0.650. The van der Waals surface area contributed by atoms with E-state index in [-0.39, 0.29) is 11.5 Å². The zero-order valence-electron chi connectivity index (χ0n) is 17.9. The van der Waals surface area contributed by atoms with E-state index in [9.17, 15) is 0 Å². The number of hydrogen-bond donors (Lipinski definition) is 1. The largest absolute Gasteiger partial charge is 0.374 e. The first-order chi connectivity index (χ1) is 12.7. The molecule has 0 amide bonds. The van der Waals surface area contributed by atoms with Crippen molar-refractivity contribution in [2.75, 3.05) is 46.6 Å². The van der Waals surface area contributed by atoms with E-state index in [1.807, 2.05) is 4.68 Å². The number of aryl methyl sites for hydroxylation is 1. The minimum Gasteiger partial charge on any atom is -0.374 e. The Morgan fingerprint density at radius 3 is 2.44 bits per heavy atom. The van der Waals surface area contributed by atoms with Gasteiger partial charge in [-0.25, -0.2) is 4.68 Å². The molecule has 0 bridgehead atoms. The number of aromatic nitrogens is 4. The van der Waals surface area contributed by atoms with Gasteiger partial charge in [0, 0.05) is 30.7 Å². The Morgan fingerprint density at radius 2 is 1.81 bits per heavy atom. The predicted octanol–water partition coefficient (Wildman–Crippen LogP) is 2.54. The van der Waals surface area contributed by atoms with Crippen LogP contribution in [0.1, 0.15) is 38.2 Å². The lowest BCUT2D eigenvalue weighted by Crippen LogP contribution is -2.39. The number of tetrazole rings is 1. The Morgan fingerprint density at radius 1 is 1.11 bits per heavy atom. The van der Waals surface area contributed by atoms with Crippen LogP contribution in [0, 0.1) is 5.41 Å². The average molecular weight is 374 g/mol. The normalized spacial score (nSPS) is 13.4. The third kappa shape index (κ3) is 5.74. The van der Waals surface area contributed by atoms with Crippen molar-refractivity contribution in [2.45, 2.75) is 39.8 Å². The van der Waals surface area contributed by atoms with Crippen LogP contribution in [0.3, 0.4) is 0 Å². The Balaban J connectivity index is 2.38. The molecule has 1 unspecified atom stereocenters. The molecule has 2 rings (SSSR count). The van der Waals surface area contributed by atoms with E-state index in [2.05, 4.69) is 104 Å². The standard InChI is InChI=1S/C20H35N7/c1-8-27-19(22-23-24-27)18(20(2,3)15-26(6)7)21-17-12-10-9-11-16(17)13-14-25(4)5/h9-12,18,21H,8,13-15H2,1-7H3. The molecule has 0 saturated heterocycles. The van der Waals surface area contributed by atoms with Gasteiger partial charge >= 0.3 is 0 Å². The molecule has 27 heavy (non-hydrogen) atoms. The summed E-state index contributed by atoms with van der Waals surface area (Å²) in [5.41, 5.74) is 2.40. The Labute approximate surface area is 163 Å². The summed E-state index contributed by atoms with van der Waals surface area (Å²) in [6.07, 6.45) is 0.996. The molecular formula is C20H35N7. The van der Waals surface area contributed by atoms with Crippen LogP contribution in [0.2, 0.25) is 0 Å². The zero-order valence-corrected chi connectivity index (χ0v) is 17.9. The highest BCUT2D eigenvalue weighted by molar-refractivity contribution is 5.52. The van der Waals surface area contributed by atoms with E-state index in [4.69, 9.17) is 0 Å². The summed E-state index contributed by atoms with van der Waals surface area (Å²) >= 11 is 0. The van der Waals surface area contributed by atoms with Gasteiger partial charge in [-0.15, -0.1) is 5.10 Å². The van der Waals surface area contributed by atoms with E-state index in [1.165, 1.54) is 5.56 Å². The highest BCUT2D eigenvalue weighted by atomic mass is 15.5. The van der Waals surface area contributed by atoms with Gasteiger partial charge in [0.05, 0.1) is 6.04 Å². The maximum atomic E-state index is 4.37. The van der Waals surface area contributed by atoms with E-state index in [0.29, 0.717) is 0 Å². The first-order valence-corrected chi connectivity index (χ1v) is 9.64. The zero-order chi connectivity index (χ0) is 20.0. The van der Waals surface area contributed by atoms with Crippen LogP contribution in [-0.2, 0) is 13.0 Å². The van der Waals surface area contributed by atoms with Crippen molar-refractivity contribution in [1.82, 2.24) is 30.0 Å². The van der Waals surface area contributed by atoms with Gasteiger partial charge < -0.3 is 15.1 Å². The van der Waals surface area contributed by atoms with E-state index >= 15 is 0 Å². The van der Waals surface area contributed by atoms with Crippen LogP contribution in [0.5, 0.6) is 0 Å². The lowest BCUT2D eigenvalue weighted by molar-refractivity contribution is 0.202. The van der Waals surface area contributed by atoms with Gasteiger partial charge in [-0.2, -0.15) is 0 Å². The summed E-state index contributed by atoms with van der Waals surface area (Å²) in [5.74, 6) is 0.881. The topological polar surface area (TPSA) is 62.1 Å². The van der Waals surface area contributed by atoms with Crippen LogP contribution in [0.4, 0.5) is 5.69 Å². The van der Waals surface area contributed by atoms with Crippen molar-refractivity contribution < 1.29 is 0 Å². The molecule has 1 heterocycles. The van der Waals surface area contributed by atoms with Gasteiger partial charge in [0.1, 0.15) is 0 Å². The summed E-state index contributed by atoms with van der Waals surface area (Å²) < 4.78 is 1.89. The van der Waals surface area contributed by atoms with E-state index in [1.54, 1.807) is 0 Å². The highest BCUT2D eigenvalue weighted by Gasteiger charge is 2.35. The minimum atomic E-state index is -0.0697. The smallest absolute Gasteiger partial charge is 0.174 e. The van der Waals surface area contributed by atoms with Crippen LogP contribution < -0.4 is 5.32 Å². The van der Waals surface area contributed by atoms with Crippen molar-refractivity contribution in [3.8, 4) is 0 Å². The van der Waals surface area contributed by atoms with Crippen molar-refractivity contribution in [2.24, 2.45) is 5.41 Å². The number of nitrogens with zero attached hydrogens (tertiary/aromatic N) is 6. The fourth-order valence-corrected chi connectivity index (χ4v) is 3.54. The molecule has 0 fully saturated rings. The number of benzene rings is 1. The second-order valence-electron chi connectivity index (χ2n) is 8.37.